The van der Waals surface area contributed by atoms with Crippen LogP contribution >= 0.6 is 0 Å². The first-order valence-electron chi connectivity index (χ1n) is 5.68. The van der Waals surface area contributed by atoms with Crippen molar-refractivity contribution in [2.75, 3.05) is 13.7 Å². The Labute approximate surface area is 91.6 Å². The van der Waals surface area contributed by atoms with Crippen molar-refractivity contribution in [3.63, 3.8) is 0 Å². The number of methoxy groups -OCH3 is 1. The van der Waals surface area contributed by atoms with Gasteiger partial charge in [0.2, 0.25) is 0 Å². The Morgan fingerprint density at radius 2 is 2.27 bits per heavy atom. The molecule has 2 unspecified atom stereocenters. The van der Waals surface area contributed by atoms with E-state index < -0.39 is 0 Å². The van der Waals surface area contributed by atoms with E-state index in [1.54, 1.807) is 7.11 Å². The molecule has 82 valence electrons. The van der Waals surface area contributed by atoms with E-state index in [1.807, 2.05) is 6.07 Å². The zero-order chi connectivity index (χ0) is 10.7. The fourth-order valence-electron chi connectivity index (χ4n) is 2.33. The summed E-state index contributed by atoms with van der Waals surface area (Å²) in [5.41, 5.74) is 1.35. The Hall–Kier alpha value is -1.02. The van der Waals surface area contributed by atoms with E-state index in [2.05, 4.69) is 30.4 Å². The number of nitrogens with one attached hydrogen (secondary N) is 1. The first-order valence-corrected chi connectivity index (χ1v) is 5.68. The lowest BCUT2D eigenvalue weighted by molar-refractivity contribution is 0.305. The topological polar surface area (TPSA) is 21.3 Å². The fraction of sp³-hybridized carbons (Fsp3) is 0.538. The van der Waals surface area contributed by atoms with Crippen molar-refractivity contribution in [2.45, 2.75) is 25.8 Å². The number of benzene rings is 1. The van der Waals surface area contributed by atoms with Crippen LogP contribution < -0.4 is 10.1 Å². The van der Waals surface area contributed by atoms with Crippen molar-refractivity contribution in [1.29, 1.82) is 0 Å². The van der Waals surface area contributed by atoms with Crippen LogP contribution in [0.1, 0.15) is 31.4 Å². The van der Waals surface area contributed by atoms with E-state index in [-0.39, 0.29) is 0 Å². The summed E-state index contributed by atoms with van der Waals surface area (Å²) in [5, 5.41) is 3.58. The molecule has 2 heteroatoms. The Morgan fingerprint density at radius 1 is 1.40 bits per heavy atom. The molecular formula is C13H19NO. The highest BCUT2D eigenvalue weighted by molar-refractivity contribution is 5.31. The van der Waals surface area contributed by atoms with Crippen molar-refractivity contribution < 1.29 is 4.74 Å². The molecule has 1 fully saturated rings. The van der Waals surface area contributed by atoms with E-state index in [1.165, 1.54) is 18.4 Å². The van der Waals surface area contributed by atoms with E-state index in [9.17, 15) is 0 Å². The molecule has 1 N–H and O–H groups in total. The monoisotopic (exact) mass is 205 g/mol. The van der Waals surface area contributed by atoms with Crippen LogP contribution in [0.5, 0.6) is 5.75 Å². The van der Waals surface area contributed by atoms with E-state index in [4.69, 9.17) is 4.74 Å². The zero-order valence-electron chi connectivity index (χ0n) is 9.49. The van der Waals surface area contributed by atoms with Crippen LogP contribution in [-0.4, -0.2) is 13.7 Å². The molecule has 0 saturated carbocycles. The van der Waals surface area contributed by atoms with Crippen molar-refractivity contribution >= 4 is 0 Å². The van der Waals surface area contributed by atoms with Gasteiger partial charge in [0.15, 0.2) is 0 Å². The molecule has 0 aromatic heterocycles. The van der Waals surface area contributed by atoms with Gasteiger partial charge in [-0.3, -0.25) is 0 Å². The predicted molar refractivity (Wildman–Crippen MR) is 62.1 cm³/mol. The summed E-state index contributed by atoms with van der Waals surface area (Å²) >= 11 is 0. The van der Waals surface area contributed by atoms with Crippen LogP contribution in [0.2, 0.25) is 0 Å². The highest BCUT2D eigenvalue weighted by Gasteiger charge is 2.22. The third-order valence-electron chi connectivity index (χ3n) is 3.22. The lowest BCUT2D eigenvalue weighted by Crippen LogP contribution is -2.32. The number of rotatable bonds is 2. The number of hydrogen-bond acceptors (Lipinski definition) is 2. The Bertz CT molecular complexity index is 324. The van der Waals surface area contributed by atoms with Gasteiger partial charge >= 0.3 is 0 Å². The molecule has 0 radical (unpaired) electrons. The quantitative estimate of drug-likeness (QED) is 0.801. The molecule has 2 nitrogen and oxygen atoms in total. The molecule has 1 aliphatic rings. The summed E-state index contributed by atoms with van der Waals surface area (Å²) < 4.78 is 5.25. The van der Waals surface area contributed by atoms with Gasteiger partial charge in [0.25, 0.3) is 0 Å². The Morgan fingerprint density at radius 3 is 3.00 bits per heavy atom. The van der Waals surface area contributed by atoms with Gasteiger partial charge in [-0.15, -0.1) is 0 Å². The van der Waals surface area contributed by atoms with Crippen LogP contribution in [0, 0.1) is 5.92 Å². The van der Waals surface area contributed by atoms with Gasteiger partial charge in [-0.25, -0.2) is 0 Å². The molecule has 0 aliphatic carbocycles. The maximum Gasteiger partial charge on any atom is 0.119 e. The van der Waals surface area contributed by atoms with Gasteiger partial charge in [-0.1, -0.05) is 19.1 Å². The minimum atomic E-state index is 0.494. The molecule has 15 heavy (non-hydrogen) atoms. The second-order valence-electron chi connectivity index (χ2n) is 4.33. The van der Waals surface area contributed by atoms with E-state index >= 15 is 0 Å². The molecular weight excluding hydrogens is 186 g/mol. The number of piperidine rings is 1. The summed E-state index contributed by atoms with van der Waals surface area (Å²) in [6.45, 7) is 3.45. The molecule has 1 saturated heterocycles. The van der Waals surface area contributed by atoms with E-state index in [0.717, 1.165) is 12.3 Å². The third-order valence-corrected chi connectivity index (χ3v) is 3.22. The first kappa shape index (κ1) is 10.5. The maximum atomic E-state index is 5.25. The molecule has 0 spiro atoms. The standard InChI is InChI=1S/C13H19NO/c1-10-5-4-8-14-13(10)11-6-3-7-12(9-11)15-2/h3,6-7,9-10,13-14H,4-5,8H2,1-2H3. The smallest absolute Gasteiger partial charge is 0.119 e. The summed E-state index contributed by atoms with van der Waals surface area (Å²) in [5.74, 6) is 1.66. The molecule has 1 aliphatic heterocycles. The molecule has 0 bridgehead atoms. The highest BCUT2D eigenvalue weighted by atomic mass is 16.5. The average Bonchev–Trinajstić information content (AvgIpc) is 2.30. The molecule has 1 aromatic rings. The molecule has 2 atom stereocenters. The van der Waals surface area contributed by atoms with Crippen molar-refractivity contribution in [3.8, 4) is 5.75 Å². The highest BCUT2D eigenvalue weighted by Crippen LogP contribution is 2.30. The first-order chi connectivity index (χ1) is 7.31. The Balaban J connectivity index is 2.19. The van der Waals surface area contributed by atoms with Gasteiger partial charge in [-0.05, 0) is 43.0 Å². The minimum Gasteiger partial charge on any atom is -0.497 e. The second-order valence-corrected chi connectivity index (χ2v) is 4.33. The van der Waals surface area contributed by atoms with Crippen LogP contribution in [0.25, 0.3) is 0 Å². The Kier molecular flexibility index (Phi) is 3.27. The van der Waals surface area contributed by atoms with Crippen molar-refractivity contribution in [2.24, 2.45) is 5.92 Å². The van der Waals surface area contributed by atoms with Gasteiger partial charge in [0.05, 0.1) is 7.11 Å². The summed E-state index contributed by atoms with van der Waals surface area (Å²) in [4.78, 5) is 0. The molecule has 1 aromatic carbocycles. The number of hydrogen-bond donors (Lipinski definition) is 1. The van der Waals surface area contributed by atoms with Gasteiger partial charge in [0, 0.05) is 6.04 Å². The number of ether oxygens (including phenoxy) is 1. The normalized spacial score (nSPS) is 26.3. The summed E-state index contributed by atoms with van der Waals surface area (Å²) in [7, 11) is 1.72. The molecule has 2 rings (SSSR count). The predicted octanol–water partition coefficient (Wildman–Crippen LogP) is 2.76. The maximum absolute atomic E-state index is 5.25. The van der Waals surface area contributed by atoms with Crippen LogP contribution in [0.15, 0.2) is 24.3 Å². The second kappa shape index (κ2) is 4.67. The average molecular weight is 205 g/mol. The summed E-state index contributed by atoms with van der Waals surface area (Å²) in [6.07, 6.45) is 2.61. The van der Waals surface area contributed by atoms with Gasteiger partial charge in [-0.2, -0.15) is 0 Å². The third kappa shape index (κ3) is 2.32. The van der Waals surface area contributed by atoms with Crippen LogP contribution in [-0.2, 0) is 0 Å². The van der Waals surface area contributed by atoms with Gasteiger partial charge < -0.3 is 10.1 Å². The fourth-order valence-corrected chi connectivity index (χ4v) is 2.33. The zero-order valence-corrected chi connectivity index (χ0v) is 9.49. The lowest BCUT2D eigenvalue weighted by atomic mass is 9.88. The SMILES string of the molecule is COc1cccc(C2NCCCC2C)c1. The van der Waals surface area contributed by atoms with Crippen molar-refractivity contribution in [1.82, 2.24) is 5.32 Å². The largest absolute Gasteiger partial charge is 0.497 e. The minimum absolute atomic E-state index is 0.494. The van der Waals surface area contributed by atoms with E-state index in [0.29, 0.717) is 12.0 Å². The van der Waals surface area contributed by atoms with Gasteiger partial charge in [0.1, 0.15) is 5.75 Å². The van der Waals surface area contributed by atoms with Crippen LogP contribution in [0.4, 0.5) is 0 Å². The molecule has 0 amide bonds. The summed E-state index contributed by atoms with van der Waals surface area (Å²) in [6, 6.07) is 8.88. The van der Waals surface area contributed by atoms with Crippen molar-refractivity contribution in [3.05, 3.63) is 29.8 Å². The lowest BCUT2D eigenvalue weighted by Gasteiger charge is -2.30. The molecule has 1 heterocycles. The van der Waals surface area contributed by atoms with Crippen LogP contribution in [0.3, 0.4) is 0 Å².